The molecule has 0 heterocycles. The molecule has 0 aliphatic rings. The fourth-order valence-electron chi connectivity index (χ4n) is 1.19. The maximum atomic E-state index is 8.44. The molecular formula is C10H23NO2. The number of nitrogens with one attached hydrogen (secondary N) is 1. The highest BCUT2D eigenvalue weighted by atomic mass is 16.5. The predicted octanol–water partition coefficient (Wildman–Crippen LogP) is 1.02. The zero-order valence-electron chi connectivity index (χ0n) is 8.88. The summed E-state index contributed by atoms with van der Waals surface area (Å²) in [4.78, 5) is 0. The topological polar surface area (TPSA) is 41.5 Å². The van der Waals surface area contributed by atoms with Crippen molar-refractivity contribution in [2.45, 2.75) is 26.7 Å². The minimum Gasteiger partial charge on any atom is -0.394 e. The molecule has 0 fully saturated rings. The molecule has 0 atom stereocenters. The Morgan fingerprint density at radius 1 is 1.23 bits per heavy atom. The lowest BCUT2D eigenvalue weighted by Crippen LogP contribution is -2.26. The fraction of sp³-hybridized carbons (Fsp3) is 1.00. The molecule has 80 valence electrons. The molecular weight excluding hydrogens is 166 g/mol. The highest BCUT2D eigenvalue weighted by Crippen LogP contribution is 2.04. The SMILES string of the molecule is CCC(CC)CNCCOCCO. The monoisotopic (exact) mass is 189 g/mol. The van der Waals surface area contributed by atoms with E-state index in [1.54, 1.807) is 0 Å². The van der Waals surface area contributed by atoms with Crippen LogP contribution in [0.5, 0.6) is 0 Å². The summed E-state index contributed by atoms with van der Waals surface area (Å²) in [5.41, 5.74) is 0. The number of ether oxygens (including phenoxy) is 1. The summed E-state index contributed by atoms with van der Waals surface area (Å²) in [5.74, 6) is 0.790. The van der Waals surface area contributed by atoms with E-state index in [1.807, 2.05) is 0 Å². The van der Waals surface area contributed by atoms with Gasteiger partial charge in [-0.25, -0.2) is 0 Å². The Bertz CT molecular complexity index is 94.9. The van der Waals surface area contributed by atoms with Gasteiger partial charge in [-0.2, -0.15) is 0 Å². The largest absolute Gasteiger partial charge is 0.394 e. The van der Waals surface area contributed by atoms with Crippen LogP contribution in [0.3, 0.4) is 0 Å². The van der Waals surface area contributed by atoms with Crippen LogP contribution in [0.1, 0.15) is 26.7 Å². The normalized spacial score (nSPS) is 11.1. The van der Waals surface area contributed by atoms with Crippen LogP contribution >= 0.6 is 0 Å². The van der Waals surface area contributed by atoms with Crippen molar-refractivity contribution in [3.63, 3.8) is 0 Å². The van der Waals surface area contributed by atoms with Crippen molar-refractivity contribution < 1.29 is 9.84 Å². The number of hydrogen-bond acceptors (Lipinski definition) is 3. The van der Waals surface area contributed by atoms with Gasteiger partial charge in [0.2, 0.25) is 0 Å². The minimum atomic E-state index is 0.118. The molecule has 0 saturated carbocycles. The van der Waals surface area contributed by atoms with E-state index < -0.39 is 0 Å². The standard InChI is InChI=1S/C10H23NO2/c1-3-10(4-2)9-11-5-7-13-8-6-12/h10-12H,3-9H2,1-2H3. The summed E-state index contributed by atoms with van der Waals surface area (Å²) >= 11 is 0. The Kier molecular flexibility index (Phi) is 9.87. The second kappa shape index (κ2) is 9.96. The lowest BCUT2D eigenvalue weighted by Gasteiger charge is -2.12. The number of rotatable bonds is 9. The zero-order valence-corrected chi connectivity index (χ0v) is 8.88. The van der Waals surface area contributed by atoms with Crippen LogP contribution in [0.2, 0.25) is 0 Å². The lowest BCUT2D eigenvalue weighted by molar-refractivity contribution is 0.0934. The summed E-state index contributed by atoms with van der Waals surface area (Å²) in [5, 5.41) is 11.8. The van der Waals surface area contributed by atoms with Crippen molar-refractivity contribution >= 4 is 0 Å². The van der Waals surface area contributed by atoms with Crippen LogP contribution in [0.4, 0.5) is 0 Å². The molecule has 2 N–H and O–H groups in total. The molecule has 0 saturated heterocycles. The van der Waals surface area contributed by atoms with Gasteiger partial charge in [0.1, 0.15) is 0 Å². The average molecular weight is 189 g/mol. The van der Waals surface area contributed by atoms with E-state index in [1.165, 1.54) is 12.8 Å². The Labute approximate surface area is 81.5 Å². The second-order valence-corrected chi connectivity index (χ2v) is 3.22. The van der Waals surface area contributed by atoms with Gasteiger partial charge >= 0.3 is 0 Å². The quantitative estimate of drug-likeness (QED) is 0.532. The smallest absolute Gasteiger partial charge is 0.0698 e. The first kappa shape index (κ1) is 12.9. The molecule has 0 aromatic carbocycles. The minimum absolute atomic E-state index is 0.118. The van der Waals surface area contributed by atoms with Crippen molar-refractivity contribution in [1.82, 2.24) is 5.32 Å². The van der Waals surface area contributed by atoms with Gasteiger partial charge < -0.3 is 15.2 Å². The van der Waals surface area contributed by atoms with E-state index in [-0.39, 0.29) is 6.61 Å². The molecule has 0 aromatic rings. The van der Waals surface area contributed by atoms with Crippen LogP contribution in [-0.2, 0) is 4.74 Å². The highest BCUT2D eigenvalue weighted by molar-refractivity contribution is 4.57. The van der Waals surface area contributed by atoms with Crippen LogP contribution in [-0.4, -0.2) is 38.0 Å². The van der Waals surface area contributed by atoms with Crippen LogP contribution in [0, 0.1) is 5.92 Å². The summed E-state index contributed by atoms with van der Waals surface area (Å²) in [6.45, 7) is 7.67. The summed E-state index contributed by atoms with van der Waals surface area (Å²) in [6.07, 6.45) is 2.47. The maximum absolute atomic E-state index is 8.44. The van der Waals surface area contributed by atoms with Gasteiger partial charge in [-0.15, -0.1) is 0 Å². The van der Waals surface area contributed by atoms with Crippen molar-refractivity contribution in [3.05, 3.63) is 0 Å². The molecule has 0 unspecified atom stereocenters. The van der Waals surface area contributed by atoms with Crippen molar-refractivity contribution in [2.24, 2.45) is 5.92 Å². The van der Waals surface area contributed by atoms with E-state index in [0.29, 0.717) is 13.2 Å². The zero-order chi connectivity index (χ0) is 9.94. The summed E-state index contributed by atoms with van der Waals surface area (Å²) in [6, 6.07) is 0. The highest BCUT2D eigenvalue weighted by Gasteiger charge is 2.01. The van der Waals surface area contributed by atoms with Crippen LogP contribution < -0.4 is 5.32 Å². The molecule has 3 heteroatoms. The van der Waals surface area contributed by atoms with Crippen LogP contribution in [0.25, 0.3) is 0 Å². The summed E-state index contributed by atoms with van der Waals surface area (Å²) < 4.78 is 5.12. The Morgan fingerprint density at radius 2 is 1.92 bits per heavy atom. The van der Waals surface area contributed by atoms with Crippen LogP contribution in [0.15, 0.2) is 0 Å². The fourth-order valence-corrected chi connectivity index (χ4v) is 1.19. The van der Waals surface area contributed by atoms with Gasteiger partial charge in [0.25, 0.3) is 0 Å². The molecule has 0 rings (SSSR count). The summed E-state index contributed by atoms with van der Waals surface area (Å²) in [7, 11) is 0. The van der Waals surface area contributed by atoms with Crippen molar-refractivity contribution in [2.75, 3.05) is 32.9 Å². The molecule has 3 nitrogen and oxygen atoms in total. The first-order valence-electron chi connectivity index (χ1n) is 5.24. The Morgan fingerprint density at radius 3 is 2.46 bits per heavy atom. The third-order valence-electron chi connectivity index (χ3n) is 2.25. The predicted molar refractivity (Wildman–Crippen MR) is 54.8 cm³/mol. The molecule has 0 radical (unpaired) electrons. The molecule has 0 amide bonds. The van der Waals surface area contributed by atoms with E-state index in [0.717, 1.165) is 19.0 Å². The van der Waals surface area contributed by atoms with E-state index in [9.17, 15) is 0 Å². The molecule has 0 spiro atoms. The maximum Gasteiger partial charge on any atom is 0.0698 e. The lowest BCUT2D eigenvalue weighted by atomic mass is 10.0. The van der Waals surface area contributed by atoms with E-state index in [4.69, 9.17) is 9.84 Å². The number of hydrogen-bond donors (Lipinski definition) is 2. The Hall–Kier alpha value is -0.120. The molecule has 13 heavy (non-hydrogen) atoms. The van der Waals surface area contributed by atoms with Gasteiger partial charge in [0.05, 0.1) is 19.8 Å². The van der Waals surface area contributed by atoms with E-state index >= 15 is 0 Å². The van der Waals surface area contributed by atoms with Gasteiger partial charge in [-0.1, -0.05) is 26.7 Å². The first-order chi connectivity index (χ1) is 6.35. The average Bonchev–Trinajstić information content (AvgIpc) is 2.17. The first-order valence-corrected chi connectivity index (χ1v) is 5.24. The Balaban J connectivity index is 3.05. The molecule has 0 aromatic heterocycles. The molecule has 0 aliphatic carbocycles. The van der Waals surface area contributed by atoms with E-state index in [2.05, 4.69) is 19.2 Å². The van der Waals surface area contributed by atoms with Crippen molar-refractivity contribution in [1.29, 1.82) is 0 Å². The molecule has 0 bridgehead atoms. The van der Waals surface area contributed by atoms with Gasteiger partial charge in [-0.05, 0) is 12.5 Å². The third-order valence-corrected chi connectivity index (χ3v) is 2.25. The third kappa shape index (κ3) is 8.22. The van der Waals surface area contributed by atoms with Gasteiger partial charge in [-0.3, -0.25) is 0 Å². The number of aliphatic hydroxyl groups is 1. The van der Waals surface area contributed by atoms with Crippen molar-refractivity contribution in [3.8, 4) is 0 Å². The molecule has 0 aliphatic heterocycles. The van der Waals surface area contributed by atoms with Gasteiger partial charge in [0, 0.05) is 6.54 Å². The number of aliphatic hydroxyl groups excluding tert-OH is 1. The van der Waals surface area contributed by atoms with Gasteiger partial charge in [0.15, 0.2) is 0 Å². The second-order valence-electron chi connectivity index (χ2n) is 3.22.